The van der Waals surface area contributed by atoms with E-state index in [9.17, 15) is 9.59 Å². The Morgan fingerprint density at radius 2 is 2.10 bits per heavy atom. The zero-order valence-electron chi connectivity index (χ0n) is 12.5. The van der Waals surface area contributed by atoms with E-state index in [-0.39, 0.29) is 18.5 Å². The normalized spacial score (nSPS) is 18.0. The highest BCUT2D eigenvalue weighted by molar-refractivity contribution is 5.91. The SMILES string of the molecule is CC(C)c1ccccc1NC(=O)N1CCCC1CC(=O)O. The Morgan fingerprint density at radius 1 is 1.38 bits per heavy atom. The fraction of sp³-hybridized carbons (Fsp3) is 0.500. The Morgan fingerprint density at radius 3 is 2.76 bits per heavy atom. The van der Waals surface area contributed by atoms with E-state index in [1.807, 2.05) is 24.3 Å². The highest BCUT2D eigenvalue weighted by atomic mass is 16.4. The first-order valence-corrected chi connectivity index (χ1v) is 7.37. The third-order valence-electron chi connectivity index (χ3n) is 3.87. The van der Waals surface area contributed by atoms with E-state index in [0.29, 0.717) is 12.5 Å². The van der Waals surface area contributed by atoms with Crippen LogP contribution in [-0.4, -0.2) is 34.6 Å². The number of carboxylic acids is 1. The smallest absolute Gasteiger partial charge is 0.322 e. The molecule has 5 heteroatoms. The van der Waals surface area contributed by atoms with Gasteiger partial charge in [0.15, 0.2) is 0 Å². The molecule has 2 rings (SSSR count). The number of aliphatic carboxylic acids is 1. The summed E-state index contributed by atoms with van der Waals surface area (Å²) in [6.07, 6.45) is 1.63. The summed E-state index contributed by atoms with van der Waals surface area (Å²) in [7, 11) is 0. The molecule has 0 bridgehead atoms. The monoisotopic (exact) mass is 290 g/mol. The van der Waals surface area contributed by atoms with Gasteiger partial charge in [-0.1, -0.05) is 32.0 Å². The van der Waals surface area contributed by atoms with Crippen molar-refractivity contribution in [1.29, 1.82) is 0 Å². The Labute approximate surface area is 125 Å². The number of hydrogen-bond donors (Lipinski definition) is 2. The first-order valence-electron chi connectivity index (χ1n) is 7.37. The summed E-state index contributed by atoms with van der Waals surface area (Å²) in [6, 6.07) is 7.32. The molecule has 0 radical (unpaired) electrons. The van der Waals surface area contributed by atoms with E-state index in [1.165, 1.54) is 0 Å². The molecule has 1 aromatic carbocycles. The summed E-state index contributed by atoms with van der Waals surface area (Å²) in [5.74, 6) is -0.544. The van der Waals surface area contributed by atoms with Crippen molar-refractivity contribution in [3.63, 3.8) is 0 Å². The second-order valence-electron chi connectivity index (χ2n) is 5.76. The average molecular weight is 290 g/mol. The molecule has 5 nitrogen and oxygen atoms in total. The molecule has 0 aliphatic carbocycles. The van der Waals surface area contributed by atoms with E-state index in [0.717, 1.165) is 24.1 Å². The average Bonchev–Trinajstić information content (AvgIpc) is 2.86. The molecule has 1 aliphatic rings. The number of anilines is 1. The van der Waals surface area contributed by atoms with Gasteiger partial charge in [0.1, 0.15) is 0 Å². The van der Waals surface area contributed by atoms with Gasteiger partial charge in [0, 0.05) is 18.3 Å². The number of carbonyl (C=O) groups is 2. The molecule has 1 saturated heterocycles. The zero-order chi connectivity index (χ0) is 15.4. The van der Waals surface area contributed by atoms with E-state index in [4.69, 9.17) is 5.11 Å². The molecule has 1 unspecified atom stereocenters. The maximum absolute atomic E-state index is 12.4. The van der Waals surface area contributed by atoms with Crippen molar-refractivity contribution in [3.05, 3.63) is 29.8 Å². The lowest BCUT2D eigenvalue weighted by atomic mass is 10.0. The minimum Gasteiger partial charge on any atom is -0.481 e. The van der Waals surface area contributed by atoms with Gasteiger partial charge in [-0.15, -0.1) is 0 Å². The number of carboxylic acid groups (broad SMARTS) is 1. The Kier molecular flexibility index (Phi) is 4.83. The lowest BCUT2D eigenvalue weighted by Gasteiger charge is -2.25. The number of urea groups is 1. The van der Waals surface area contributed by atoms with Gasteiger partial charge < -0.3 is 15.3 Å². The predicted molar refractivity (Wildman–Crippen MR) is 81.5 cm³/mol. The fourth-order valence-electron chi connectivity index (χ4n) is 2.82. The number of benzene rings is 1. The second kappa shape index (κ2) is 6.61. The zero-order valence-corrected chi connectivity index (χ0v) is 12.5. The Balaban J connectivity index is 2.09. The number of carbonyl (C=O) groups excluding carboxylic acids is 1. The lowest BCUT2D eigenvalue weighted by molar-refractivity contribution is -0.137. The van der Waals surface area contributed by atoms with Crippen molar-refractivity contribution in [3.8, 4) is 0 Å². The van der Waals surface area contributed by atoms with Crippen LogP contribution >= 0.6 is 0 Å². The van der Waals surface area contributed by atoms with Crippen LogP contribution in [0.5, 0.6) is 0 Å². The quantitative estimate of drug-likeness (QED) is 0.894. The van der Waals surface area contributed by atoms with Crippen LogP contribution < -0.4 is 5.32 Å². The first kappa shape index (κ1) is 15.4. The summed E-state index contributed by atoms with van der Waals surface area (Å²) >= 11 is 0. The maximum Gasteiger partial charge on any atom is 0.322 e. The van der Waals surface area contributed by atoms with Crippen molar-refractivity contribution in [1.82, 2.24) is 4.90 Å². The third-order valence-corrected chi connectivity index (χ3v) is 3.87. The van der Waals surface area contributed by atoms with E-state index < -0.39 is 5.97 Å². The largest absolute Gasteiger partial charge is 0.481 e. The van der Waals surface area contributed by atoms with Crippen molar-refractivity contribution >= 4 is 17.7 Å². The van der Waals surface area contributed by atoms with Gasteiger partial charge in [-0.25, -0.2) is 4.79 Å². The third kappa shape index (κ3) is 3.74. The molecule has 2 N–H and O–H groups in total. The van der Waals surface area contributed by atoms with Crippen LogP contribution in [0.4, 0.5) is 10.5 Å². The lowest BCUT2D eigenvalue weighted by Crippen LogP contribution is -2.39. The molecule has 1 atom stereocenters. The molecular formula is C16H22N2O3. The van der Waals surface area contributed by atoms with Crippen LogP contribution in [0.25, 0.3) is 0 Å². The highest BCUT2D eigenvalue weighted by Crippen LogP contribution is 2.26. The highest BCUT2D eigenvalue weighted by Gasteiger charge is 2.30. The molecule has 0 saturated carbocycles. The molecule has 1 aromatic rings. The molecule has 21 heavy (non-hydrogen) atoms. The van der Waals surface area contributed by atoms with Crippen molar-refractivity contribution in [2.75, 3.05) is 11.9 Å². The van der Waals surface area contributed by atoms with Gasteiger partial charge in [0.05, 0.1) is 6.42 Å². The van der Waals surface area contributed by atoms with Crippen molar-refractivity contribution in [2.45, 2.75) is 45.1 Å². The van der Waals surface area contributed by atoms with Gasteiger partial charge in [-0.3, -0.25) is 4.79 Å². The van der Waals surface area contributed by atoms with Crippen LogP contribution in [0.15, 0.2) is 24.3 Å². The number of para-hydroxylation sites is 1. The van der Waals surface area contributed by atoms with Crippen LogP contribution in [0, 0.1) is 0 Å². The summed E-state index contributed by atoms with van der Waals surface area (Å²) in [5.41, 5.74) is 1.89. The molecule has 114 valence electrons. The minimum absolute atomic E-state index is 0.0131. The topological polar surface area (TPSA) is 69.6 Å². The minimum atomic E-state index is -0.859. The number of nitrogens with zero attached hydrogens (tertiary/aromatic N) is 1. The predicted octanol–water partition coefficient (Wildman–Crippen LogP) is 3.28. The van der Waals surface area contributed by atoms with Gasteiger partial charge in [-0.2, -0.15) is 0 Å². The maximum atomic E-state index is 12.4. The van der Waals surface area contributed by atoms with Gasteiger partial charge in [-0.05, 0) is 30.4 Å². The van der Waals surface area contributed by atoms with Crippen molar-refractivity contribution < 1.29 is 14.7 Å². The molecule has 1 heterocycles. The Hall–Kier alpha value is -2.04. The summed E-state index contributed by atoms with van der Waals surface area (Å²) in [6.45, 7) is 4.77. The second-order valence-corrected chi connectivity index (χ2v) is 5.76. The Bertz CT molecular complexity index is 528. The number of hydrogen-bond acceptors (Lipinski definition) is 2. The standard InChI is InChI=1S/C16H22N2O3/c1-11(2)13-7-3-4-8-14(13)17-16(21)18-9-5-6-12(18)10-15(19)20/h3-4,7-8,11-12H,5-6,9-10H2,1-2H3,(H,17,21)(H,19,20). The van der Waals surface area contributed by atoms with Crippen LogP contribution in [-0.2, 0) is 4.79 Å². The number of rotatable bonds is 4. The number of nitrogens with one attached hydrogen (secondary N) is 1. The molecule has 0 aromatic heterocycles. The van der Waals surface area contributed by atoms with Crippen molar-refractivity contribution in [2.24, 2.45) is 0 Å². The summed E-state index contributed by atoms with van der Waals surface area (Å²) in [4.78, 5) is 24.9. The van der Waals surface area contributed by atoms with E-state index >= 15 is 0 Å². The van der Waals surface area contributed by atoms with E-state index in [1.54, 1.807) is 4.90 Å². The fourth-order valence-corrected chi connectivity index (χ4v) is 2.82. The van der Waals surface area contributed by atoms with Crippen LogP contribution in [0.1, 0.15) is 44.6 Å². The number of likely N-dealkylation sites (tertiary alicyclic amines) is 1. The molecule has 1 aliphatic heterocycles. The molecule has 2 amide bonds. The van der Waals surface area contributed by atoms with Gasteiger partial charge >= 0.3 is 12.0 Å². The first-order chi connectivity index (χ1) is 9.99. The number of amides is 2. The summed E-state index contributed by atoms with van der Waals surface area (Å²) in [5, 5.41) is 11.9. The molecule has 1 fully saturated rings. The van der Waals surface area contributed by atoms with Gasteiger partial charge in [0.25, 0.3) is 0 Å². The molecular weight excluding hydrogens is 268 g/mol. The van der Waals surface area contributed by atoms with Crippen LogP contribution in [0.2, 0.25) is 0 Å². The summed E-state index contributed by atoms with van der Waals surface area (Å²) < 4.78 is 0. The van der Waals surface area contributed by atoms with Gasteiger partial charge in [0.2, 0.25) is 0 Å². The van der Waals surface area contributed by atoms with Crippen LogP contribution in [0.3, 0.4) is 0 Å². The van der Waals surface area contributed by atoms with E-state index in [2.05, 4.69) is 19.2 Å². The molecule has 0 spiro atoms.